The molecule has 0 bridgehead atoms. The fourth-order valence-corrected chi connectivity index (χ4v) is 1.00. The summed E-state index contributed by atoms with van der Waals surface area (Å²) in [6.07, 6.45) is -0.388. The third kappa shape index (κ3) is 11.0. The van der Waals surface area contributed by atoms with E-state index in [9.17, 15) is 19.2 Å². The molecule has 0 spiro atoms. The molecule has 0 saturated carbocycles. The van der Waals surface area contributed by atoms with Gasteiger partial charge in [-0.25, -0.2) is 9.59 Å². The summed E-state index contributed by atoms with van der Waals surface area (Å²) >= 11 is 10.6. The van der Waals surface area contributed by atoms with E-state index in [0.717, 1.165) is 12.2 Å². The van der Waals surface area contributed by atoms with Crippen molar-refractivity contribution < 1.29 is 39.6 Å². The van der Waals surface area contributed by atoms with Crippen LogP contribution in [-0.2, 0) is 19.2 Å². The molecule has 0 radical (unpaired) electrons. The Morgan fingerprint density at radius 1 is 0.909 bits per heavy atom. The predicted molar refractivity (Wildman–Crippen MR) is 76.5 cm³/mol. The van der Waals surface area contributed by atoms with Crippen LogP contribution in [-0.4, -0.2) is 56.1 Å². The van der Waals surface area contributed by atoms with Gasteiger partial charge in [-0.2, -0.15) is 0 Å². The quantitative estimate of drug-likeness (QED) is 0.515. The van der Waals surface area contributed by atoms with Crippen molar-refractivity contribution in [1.29, 1.82) is 0 Å². The summed E-state index contributed by atoms with van der Waals surface area (Å²) in [5.41, 5.74) is 0. The smallest absolute Gasteiger partial charge is 0.332 e. The molecule has 1 rings (SSSR count). The van der Waals surface area contributed by atoms with Gasteiger partial charge in [0.25, 0.3) is 0 Å². The molecule has 0 heterocycles. The van der Waals surface area contributed by atoms with Crippen LogP contribution in [0, 0.1) is 0 Å². The van der Waals surface area contributed by atoms with E-state index in [0.29, 0.717) is 0 Å². The molecule has 124 valence electrons. The first-order valence-corrected chi connectivity index (χ1v) is 6.30. The zero-order valence-corrected chi connectivity index (χ0v) is 13.0. The number of carboxylic acids is 2. The third-order valence-electron chi connectivity index (χ3n) is 1.69. The van der Waals surface area contributed by atoms with Crippen LogP contribution in [0.25, 0.3) is 0 Å². The Bertz CT molecular complexity index is 463. The Morgan fingerprint density at radius 3 is 1.32 bits per heavy atom. The summed E-state index contributed by atoms with van der Waals surface area (Å²) in [5.74, 6) is -3.22. The lowest BCUT2D eigenvalue weighted by molar-refractivity contribution is -0.146. The standard InChI is InChI=1S/C6H2Cl2O2.2C3H6O3/c7-4-1-3(9)2-5(8)6(4)10;2*1-2(4)3(5)6/h1-2H;2*2,4H,1H3,(H,5,6). The molecule has 1 aliphatic carbocycles. The highest BCUT2D eigenvalue weighted by atomic mass is 35.5. The molecular weight excluding hydrogens is 343 g/mol. The monoisotopic (exact) mass is 356 g/mol. The average Bonchev–Trinajstić information content (AvgIpc) is 2.37. The van der Waals surface area contributed by atoms with E-state index in [-0.39, 0.29) is 15.8 Å². The Hall–Kier alpha value is -1.74. The van der Waals surface area contributed by atoms with Crippen LogP contribution in [0.1, 0.15) is 13.8 Å². The summed E-state index contributed by atoms with van der Waals surface area (Å²) in [5, 5.41) is 31.3. The van der Waals surface area contributed by atoms with E-state index in [2.05, 4.69) is 0 Å². The number of carboxylic acid groups (broad SMARTS) is 2. The highest BCUT2D eigenvalue weighted by molar-refractivity contribution is 6.57. The van der Waals surface area contributed by atoms with Crippen LogP contribution in [0.2, 0.25) is 0 Å². The molecule has 0 aromatic heterocycles. The van der Waals surface area contributed by atoms with Crippen molar-refractivity contribution >= 4 is 46.7 Å². The van der Waals surface area contributed by atoms with E-state index in [1.807, 2.05) is 0 Å². The highest BCUT2D eigenvalue weighted by Crippen LogP contribution is 2.18. The molecule has 2 unspecified atom stereocenters. The zero-order valence-electron chi connectivity index (χ0n) is 11.5. The number of aliphatic hydroxyl groups is 2. The van der Waals surface area contributed by atoms with Gasteiger partial charge in [-0.05, 0) is 13.8 Å². The summed E-state index contributed by atoms with van der Waals surface area (Å²) in [6, 6.07) is 0. The summed E-state index contributed by atoms with van der Waals surface area (Å²) < 4.78 is 0. The lowest BCUT2D eigenvalue weighted by atomic mass is 10.2. The van der Waals surface area contributed by atoms with Gasteiger partial charge in [-0.3, -0.25) is 9.59 Å². The van der Waals surface area contributed by atoms with Crippen molar-refractivity contribution in [1.82, 2.24) is 0 Å². The van der Waals surface area contributed by atoms with Crippen molar-refractivity contribution in [2.45, 2.75) is 26.1 Å². The largest absolute Gasteiger partial charge is 0.479 e. The Kier molecular flexibility index (Phi) is 11.2. The lowest BCUT2D eigenvalue weighted by Gasteiger charge is -2.00. The summed E-state index contributed by atoms with van der Waals surface area (Å²) in [7, 11) is 0. The predicted octanol–water partition coefficient (Wildman–Crippen LogP) is 0.287. The van der Waals surface area contributed by atoms with Crippen molar-refractivity contribution in [3.8, 4) is 0 Å². The van der Waals surface area contributed by atoms with Crippen molar-refractivity contribution in [3.05, 3.63) is 22.2 Å². The summed E-state index contributed by atoms with van der Waals surface area (Å²) in [4.78, 5) is 40.2. The van der Waals surface area contributed by atoms with E-state index >= 15 is 0 Å². The van der Waals surface area contributed by atoms with Crippen LogP contribution in [0.3, 0.4) is 0 Å². The molecule has 8 nitrogen and oxygen atoms in total. The highest BCUT2D eigenvalue weighted by Gasteiger charge is 2.17. The summed E-state index contributed by atoms with van der Waals surface area (Å²) in [6.45, 7) is 2.39. The van der Waals surface area contributed by atoms with Crippen LogP contribution in [0.15, 0.2) is 22.2 Å². The molecular formula is C12H14Cl2O8. The van der Waals surface area contributed by atoms with Crippen LogP contribution in [0.5, 0.6) is 0 Å². The first-order valence-electron chi connectivity index (χ1n) is 5.54. The topological polar surface area (TPSA) is 149 Å². The maximum Gasteiger partial charge on any atom is 0.332 e. The molecule has 4 N–H and O–H groups in total. The average molecular weight is 357 g/mol. The van der Waals surface area contributed by atoms with E-state index in [1.165, 1.54) is 13.8 Å². The molecule has 10 heteroatoms. The fourth-order valence-electron chi connectivity index (χ4n) is 0.537. The number of Topliss-reactive ketones (excluding diaryl/α,β-unsaturated/α-hetero) is 1. The van der Waals surface area contributed by atoms with Crippen LogP contribution >= 0.6 is 23.2 Å². The number of rotatable bonds is 2. The number of hydrogen-bond acceptors (Lipinski definition) is 6. The van der Waals surface area contributed by atoms with Crippen LogP contribution in [0.4, 0.5) is 0 Å². The van der Waals surface area contributed by atoms with Crippen molar-refractivity contribution in [3.63, 3.8) is 0 Å². The molecule has 0 fully saturated rings. The van der Waals surface area contributed by atoms with Crippen molar-refractivity contribution in [2.75, 3.05) is 0 Å². The Labute approximate surface area is 135 Å². The number of halogens is 2. The molecule has 0 saturated heterocycles. The molecule has 22 heavy (non-hydrogen) atoms. The van der Waals surface area contributed by atoms with E-state index in [1.54, 1.807) is 0 Å². The number of hydrogen-bond donors (Lipinski definition) is 4. The van der Waals surface area contributed by atoms with Crippen LogP contribution < -0.4 is 0 Å². The fraction of sp³-hybridized carbons (Fsp3) is 0.333. The Balaban J connectivity index is 0. The van der Waals surface area contributed by atoms with E-state index < -0.39 is 29.9 Å². The molecule has 2 atom stereocenters. The maximum atomic E-state index is 10.7. The number of aliphatic hydroxyl groups excluding tert-OH is 2. The minimum absolute atomic E-state index is 0.127. The van der Waals surface area contributed by atoms with Gasteiger partial charge in [-0.15, -0.1) is 0 Å². The van der Waals surface area contributed by atoms with Gasteiger partial charge < -0.3 is 20.4 Å². The van der Waals surface area contributed by atoms with Gasteiger partial charge in [-0.1, -0.05) is 23.2 Å². The normalized spacial score (nSPS) is 15.9. The second-order valence-corrected chi connectivity index (χ2v) is 4.56. The van der Waals surface area contributed by atoms with Gasteiger partial charge in [0.1, 0.15) is 12.2 Å². The first kappa shape index (κ1) is 22.5. The lowest BCUT2D eigenvalue weighted by Crippen LogP contribution is -2.13. The number of carbonyl (C=O) groups excluding carboxylic acids is 2. The first-order chi connectivity index (χ1) is 9.89. The third-order valence-corrected chi connectivity index (χ3v) is 2.25. The molecule has 0 amide bonds. The number of allylic oxidation sites excluding steroid dienone is 4. The zero-order chi connectivity index (χ0) is 18.0. The molecule has 1 aliphatic rings. The van der Waals surface area contributed by atoms with E-state index in [4.69, 9.17) is 43.6 Å². The van der Waals surface area contributed by atoms with Gasteiger partial charge in [0, 0.05) is 12.2 Å². The Morgan fingerprint density at radius 2 is 1.14 bits per heavy atom. The number of carbonyl (C=O) groups is 4. The van der Waals surface area contributed by atoms with Crippen molar-refractivity contribution in [2.24, 2.45) is 0 Å². The second-order valence-electron chi connectivity index (χ2n) is 3.74. The van der Waals surface area contributed by atoms with Gasteiger partial charge >= 0.3 is 11.9 Å². The molecule has 0 aromatic rings. The molecule has 0 aliphatic heterocycles. The minimum Gasteiger partial charge on any atom is -0.479 e. The van der Waals surface area contributed by atoms with Gasteiger partial charge in [0.2, 0.25) is 5.78 Å². The SMILES string of the molecule is CC(O)C(=O)O.CC(O)C(=O)O.O=C1C=C(Cl)C(=O)C(Cl)=C1. The minimum atomic E-state index is -1.23. The second kappa shape index (κ2) is 10.9. The van der Waals surface area contributed by atoms with Gasteiger partial charge in [0.05, 0.1) is 10.1 Å². The molecule has 0 aromatic carbocycles. The number of ketones is 2. The van der Waals surface area contributed by atoms with Gasteiger partial charge in [0.15, 0.2) is 5.78 Å². The number of aliphatic carboxylic acids is 2. The maximum absolute atomic E-state index is 10.7.